The largest absolute Gasteiger partial charge is 0.507 e. The average Bonchev–Trinajstić information content (AvgIpc) is 2.99. The van der Waals surface area contributed by atoms with Gasteiger partial charge in [-0.25, -0.2) is 9.59 Å². The molecule has 0 unspecified atom stereocenters. The molecule has 1 aliphatic heterocycles. The van der Waals surface area contributed by atoms with Crippen molar-refractivity contribution >= 4 is 22.8 Å². The molecule has 5 rings (SSSR count). The van der Waals surface area contributed by atoms with E-state index in [0.717, 1.165) is 5.56 Å². The average molecular weight is 620 g/mol. The zero-order valence-electron chi connectivity index (χ0n) is 25.0. The Bertz CT molecular complexity index is 1820. The number of rotatable bonds is 8. The van der Waals surface area contributed by atoms with E-state index >= 15 is 0 Å². The fourth-order valence-corrected chi connectivity index (χ4v) is 5.58. The molecule has 1 aromatic heterocycles. The molecule has 4 aromatic rings. The van der Waals surface area contributed by atoms with Gasteiger partial charge in [-0.1, -0.05) is 36.4 Å². The number of phenols is 1. The normalized spacial score (nSPS) is 20.9. The van der Waals surface area contributed by atoms with E-state index in [9.17, 15) is 29.7 Å². The molecular formula is C33H33NO11. The van der Waals surface area contributed by atoms with Crippen molar-refractivity contribution in [2.75, 3.05) is 7.11 Å². The van der Waals surface area contributed by atoms with Gasteiger partial charge in [0.1, 0.15) is 28.9 Å². The second-order valence-electron chi connectivity index (χ2n) is 11.2. The number of methoxy groups -OCH3 is 1. The quantitative estimate of drug-likeness (QED) is 0.165. The molecule has 5 N–H and O–H groups in total. The van der Waals surface area contributed by atoms with E-state index in [1.165, 1.54) is 31.4 Å². The fourth-order valence-electron chi connectivity index (χ4n) is 5.58. The molecule has 1 saturated heterocycles. The summed E-state index contributed by atoms with van der Waals surface area (Å²) in [6.07, 6.45) is -6.63. The van der Waals surface area contributed by atoms with Crippen LogP contribution in [0.4, 0.5) is 4.79 Å². The summed E-state index contributed by atoms with van der Waals surface area (Å²) in [5, 5.41) is 32.6. The van der Waals surface area contributed by atoms with Crippen molar-refractivity contribution in [3.05, 3.63) is 87.8 Å². The number of Topliss-reactive ketones (excluding diaryl/α,β-unsaturated/α-hetero) is 1. The van der Waals surface area contributed by atoms with Crippen molar-refractivity contribution in [2.24, 2.45) is 5.73 Å². The third kappa shape index (κ3) is 6.07. The molecule has 0 radical (unpaired) electrons. The third-order valence-corrected chi connectivity index (χ3v) is 7.85. The highest BCUT2D eigenvalue weighted by molar-refractivity contribution is 6.02. The molecule has 3 aromatic carbocycles. The van der Waals surface area contributed by atoms with Gasteiger partial charge >= 0.3 is 11.7 Å². The first kappa shape index (κ1) is 31.5. The molecular weight excluding hydrogens is 586 g/mol. The van der Waals surface area contributed by atoms with Gasteiger partial charge in [-0.2, -0.15) is 0 Å². The Kier molecular flexibility index (Phi) is 8.57. The minimum Gasteiger partial charge on any atom is -0.507 e. The summed E-state index contributed by atoms with van der Waals surface area (Å²) in [5.41, 5.74) is 4.64. The van der Waals surface area contributed by atoms with Gasteiger partial charge in [-0.3, -0.25) is 4.79 Å². The number of ketones is 1. The Hall–Kier alpha value is -4.91. The maximum atomic E-state index is 13.3. The van der Waals surface area contributed by atoms with E-state index in [1.54, 1.807) is 26.8 Å². The highest BCUT2D eigenvalue weighted by Crippen LogP contribution is 2.38. The van der Waals surface area contributed by atoms with Crippen LogP contribution in [-0.2, 0) is 20.6 Å². The number of carbonyl (C=O) groups is 2. The number of aromatic hydroxyl groups is 2. The van der Waals surface area contributed by atoms with Gasteiger partial charge in [0.15, 0.2) is 18.0 Å². The van der Waals surface area contributed by atoms with Crippen LogP contribution in [0.2, 0.25) is 0 Å². The van der Waals surface area contributed by atoms with Gasteiger partial charge < -0.3 is 44.4 Å². The molecule has 0 spiro atoms. The maximum Gasteiger partial charge on any atom is 0.404 e. The molecule has 0 aliphatic carbocycles. The van der Waals surface area contributed by atoms with E-state index in [4.69, 9.17) is 29.1 Å². The van der Waals surface area contributed by atoms with Crippen molar-refractivity contribution in [3.63, 3.8) is 0 Å². The Morgan fingerprint density at radius 3 is 2.40 bits per heavy atom. The molecule has 4 atom stereocenters. The lowest BCUT2D eigenvalue weighted by Crippen LogP contribution is -2.65. The minimum absolute atomic E-state index is 0.0153. The Morgan fingerprint density at radius 2 is 1.73 bits per heavy atom. The number of hydrogen-bond acceptors (Lipinski definition) is 11. The SMILES string of the molecule is CO[C@@H]1[C@@H](OC(N)=O)[C@@H](O)[C@H](Oc2ccc3c(O)c(CC(=O)c4cc(-c5ccccc5)ccc4O)c(=O)oc3c2C)OC1(C)C. The number of carbonyl (C=O) groups excluding carboxylic acids is 2. The second-order valence-corrected chi connectivity index (χ2v) is 11.2. The number of nitrogens with two attached hydrogens (primary N) is 1. The third-order valence-electron chi connectivity index (χ3n) is 7.85. The highest BCUT2D eigenvalue weighted by Gasteiger charge is 2.53. The minimum atomic E-state index is -1.52. The smallest absolute Gasteiger partial charge is 0.404 e. The number of aliphatic hydroxyl groups is 1. The standard InChI is InChI=1S/C33H33NO11/c1-16-24(42-31-26(38)28(44-32(34)40)29(41-4)33(2,3)45-31)13-11-19-25(37)21(30(39)43-27(16)19)15-23(36)20-14-18(10-12-22(20)35)17-8-6-5-7-9-17/h5-14,26,28-29,31,35,37-38H,15H2,1-4H3,(H2,34,40)/t26-,28+,29-,31-/m1/s1. The van der Waals surface area contributed by atoms with E-state index in [0.29, 0.717) is 5.56 Å². The summed E-state index contributed by atoms with van der Waals surface area (Å²) in [6, 6.07) is 16.7. The lowest BCUT2D eigenvalue weighted by molar-refractivity contribution is -0.304. The topological polar surface area (TPSA) is 188 Å². The Morgan fingerprint density at radius 1 is 1.02 bits per heavy atom. The summed E-state index contributed by atoms with van der Waals surface area (Å²) >= 11 is 0. The number of ether oxygens (including phenoxy) is 4. The van der Waals surface area contributed by atoms with Crippen molar-refractivity contribution in [1.82, 2.24) is 0 Å². The molecule has 2 heterocycles. The highest BCUT2D eigenvalue weighted by atomic mass is 16.7. The number of primary amides is 1. The van der Waals surface area contributed by atoms with Gasteiger partial charge in [0, 0.05) is 19.1 Å². The maximum absolute atomic E-state index is 13.3. The summed E-state index contributed by atoms with van der Waals surface area (Å²) in [7, 11) is 1.37. The van der Waals surface area contributed by atoms with Crippen molar-refractivity contribution in [2.45, 2.75) is 57.4 Å². The molecule has 0 bridgehead atoms. The zero-order chi connectivity index (χ0) is 32.6. The number of phenolic OH excluding ortho intramolecular Hbond substituents is 1. The summed E-state index contributed by atoms with van der Waals surface area (Å²) in [5.74, 6) is -1.20. The first-order valence-electron chi connectivity index (χ1n) is 14.0. The van der Waals surface area contributed by atoms with Crippen LogP contribution in [0.5, 0.6) is 17.2 Å². The van der Waals surface area contributed by atoms with Crippen LogP contribution < -0.4 is 16.1 Å². The van der Waals surface area contributed by atoms with Crippen LogP contribution in [0.1, 0.15) is 35.3 Å². The molecule has 1 amide bonds. The van der Waals surface area contributed by atoms with Crippen molar-refractivity contribution < 1.29 is 48.3 Å². The number of hydrogen-bond donors (Lipinski definition) is 4. The lowest BCUT2D eigenvalue weighted by atomic mass is 9.89. The molecule has 1 aliphatic rings. The van der Waals surface area contributed by atoms with Crippen LogP contribution in [-0.4, -0.2) is 64.5 Å². The Labute approximate surface area is 257 Å². The fraction of sp³-hybridized carbons (Fsp3) is 0.303. The number of aryl methyl sites for hydroxylation is 1. The number of amides is 1. The monoisotopic (exact) mass is 619 g/mol. The first-order chi connectivity index (χ1) is 21.3. The van der Waals surface area contributed by atoms with Crippen LogP contribution in [0, 0.1) is 6.92 Å². The summed E-state index contributed by atoms with van der Waals surface area (Å²) < 4.78 is 28.0. The molecule has 1 fully saturated rings. The molecule has 45 heavy (non-hydrogen) atoms. The van der Waals surface area contributed by atoms with E-state index in [2.05, 4.69) is 0 Å². The van der Waals surface area contributed by atoms with Gasteiger partial charge in [0.2, 0.25) is 6.29 Å². The first-order valence-corrected chi connectivity index (χ1v) is 14.0. The van der Waals surface area contributed by atoms with Crippen molar-refractivity contribution in [3.8, 4) is 28.4 Å². The van der Waals surface area contributed by atoms with Crippen LogP contribution >= 0.6 is 0 Å². The van der Waals surface area contributed by atoms with E-state index < -0.39 is 59.9 Å². The van der Waals surface area contributed by atoms with Gasteiger partial charge in [-0.15, -0.1) is 0 Å². The Balaban J connectivity index is 1.44. The van der Waals surface area contributed by atoms with Crippen LogP contribution in [0.25, 0.3) is 22.1 Å². The van der Waals surface area contributed by atoms with Gasteiger partial charge in [-0.05, 0) is 56.2 Å². The second kappa shape index (κ2) is 12.2. The van der Waals surface area contributed by atoms with Gasteiger partial charge in [0.25, 0.3) is 0 Å². The number of aliphatic hydroxyl groups excluding tert-OH is 1. The molecule has 12 heteroatoms. The molecule has 0 saturated carbocycles. The summed E-state index contributed by atoms with van der Waals surface area (Å²) in [4.78, 5) is 37.9. The predicted octanol–water partition coefficient (Wildman–Crippen LogP) is 3.96. The zero-order valence-corrected chi connectivity index (χ0v) is 25.0. The van der Waals surface area contributed by atoms with Crippen molar-refractivity contribution in [1.29, 1.82) is 0 Å². The number of fused-ring (bicyclic) bond motifs is 1. The summed E-state index contributed by atoms with van der Waals surface area (Å²) in [6.45, 7) is 4.88. The van der Waals surface area contributed by atoms with E-state index in [1.807, 2.05) is 30.3 Å². The number of benzene rings is 3. The van der Waals surface area contributed by atoms with Gasteiger partial charge in [0.05, 0.1) is 22.1 Å². The lowest BCUT2D eigenvalue weighted by Gasteiger charge is -2.47. The van der Waals surface area contributed by atoms with E-state index in [-0.39, 0.29) is 39.2 Å². The van der Waals surface area contributed by atoms with Crippen LogP contribution in [0.3, 0.4) is 0 Å². The molecule has 12 nitrogen and oxygen atoms in total. The molecule has 236 valence electrons. The van der Waals surface area contributed by atoms with Crippen LogP contribution in [0.15, 0.2) is 69.9 Å². The predicted molar refractivity (Wildman–Crippen MR) is 161 cm³/mol.